The van der Waals surface area contributed by atoms with Crippen molar-refractivity contribution in [2.75, 3.05) is 13.1 Å². The Kier molecular flexibility index (Phi) is 3.92. The van der Waals surface area contributed by atoms with Gasteiger partial charge >= 0.3 is 0 Å². The van der Waals surface area contributed by atoms with Crippen molar-refractivity contribution in [3.63, 3.8) is 0 Å². The summed E-state index contributed by atoms with van der Waals surface area (Å²) in [6.45, 7) is 9.65. The minimum absolute atomic E-state index is 0.105. The normalized spacial score (nSPS) is 29.6. The smallest absolute Gasteiger partial charge is 0.137 e. The molecule has 2 fully saturated rings. The molecule has 2 nitrogen and oxygen atoms in total. The number of nitrogens with one attached hydrogen (secondary N) is 1. The van der Waals surface area contributed by atoms with Crippen LogP contribution in [0.15, 0.2) is 22.7 Å². The molecule has 1 atom stereocenters. The van der Waals surface area contributed by atoms with Gasteiger partial charge in [-0.3, -0.25) is 4.90 Å². The second-order valence-corrected chi connectivity index (χ2v) is 8.23. The van der Waals surface area contributed by atoms with Crippen LogP contribution in [0.25, 0.3) is 0 Å². The van der Waals surface area contributed by atoms with Crippen LogP contribution in [0.1, 0.15) is 39.2 Å². The highest BCUT2D eigenvalue weighted by Gasteiger charge is 2.49. The van der Waals surface area contributed by atoms with Crippen LogP contribution in [-0.4, -0.2) is 29.1 Å². The Labute approximate surface area is 135 Å². The summed E-state index contributed by atoms with van der Waals surface area (Å²) in [4.78, 5) is 2.56. The van der Waals surface area contributed by atoms with Crippen molar-refractivity contribution in [3.8, 4) is 0 Å². The fourth-order valence-corrected chi connectivity index (χ4v) is 3.85. The molecule has 1 unspecified atom stereocenters. The van der Waals surface area contributed by atoms with E-state index >= 15 is 0 Å². The van der Waals surface area contributed by atoms with Gasteiger partial charge in [-0.2, -0.15) is 0 Å². The third kappa shape index (κ3) is 3.03. The fourth-order valence-electron chi connectivity index (χ4n) is 3.46. The number of benzene rings is 1. The van der Waals surface area contributed by atoms with Gasteiger partial charge in [-0.05, 0) is 67.1 Å². The lowest BCUT2D eigenvalue weighted by molar-refractivity contribution is 0.00499. The summed E-state index contributed by atoms with van der Waals surface area (Å²) < 4.78 is 14.4. The van der Waals surface area contributed by atoms with E-state index in [2.05, 4.69) is 46.9 Å². The third-order valence-corrected chi connectivity index (χ3v) is 5.97. The van der Waals surface area contributed by atoms with E-state index < -0.39 is 0 Å². The molecular weight excluding hydrogens is 331 g/mol. The Morgan fingerprint density at radius 1 is 1.33 bits per heavy atom. The van der Waals surface area contributed by atoms with E-state index in [1.807, 2.05) is 6.07 Å². The van der Waals surface area contributed by atoms with Crippen molar-refractivity contribution in [3.05, 3.63) is 34.1 Å². The average Bonchev–Trinajstić information content (AvgIpc) is 3.24. The van der Waals surface area contributed by atoms with Gasteiger partial charge in [0.05, 0.1) is 4.47 Å². The summed E-state index contributed by atoms with van der Waals surface area (Å²) in [5, 5.41) is 3.68. The molecular formula is C17H24BrFN2. The first-order valence-electron chi connectivity index (χ1n) is 7.75. The molecule has 116 valence electrons. The number of nitrogens with zero attached hydrogens (tertiary/aromatic N) is 1. The summed E-state index contributed by atoms with van der Waals surface area (Å²) in [6, 6.07) is 5.34. The number of rotatable bonds is 3. The predicted molar refractivity (Wildman–Crippen MR) is 87.7 cm³/mol. The van der Waals surface area contributed by atoms with Gasteiger partial charge in [-0.25, -0.2) is 4.39 Å². The van der Waals surface area contributed by atoms with E-state index in [-0.39, 0.29) is 16.9 Å². The van der Waals surface area contributed by atoms with Gasteiger partial charge in [0.15, 0.2) is 0 Å². The Bertz CT molecular complexity index is 542. The Hall–Kier alpha value is -0.450. The van der Waals surface area contributed by atoms with E-state index in [4.69, 9.17) is 0 Å². The molecule has 1 aliphatic carbocycles. The van der Waals surface area contributed by atoms with Crippen LogP contribution < -0.4 is 5.32 Å². The third-order valence-electron chi connectivity index (χ3n) is 5.08. The van der Waals surface area contributed by atoms with Crippen LogP contribution in [0.4, 0.5) is 4.39 Å². The highest BCUT2D eigenvalue weighted by Crippen LogP contribution is 2.45. The molecule has 1 aromatic rings. The minimum atomic E-state index is -0.171. The molecule has 3 rings (SSSR count). The highest BCUT2D eigenvalue weighted by atomic mass is 79.9. The fraction of sp³-hybridized carbons (Fsp3) is 0.647. The van der Waals surface area contributed by atoms with Gasteiger partial charge in [0.25, 0.3) is 0 Å². The molecule has 1 N–H and O–H groups in total. The molecule has 0 spiro atoms. The van der Waals surface area contributed by atoms with Crippen molar-refractivity contribution < 1.29 is 4.39 Å². The van der Waals surface area contributed by atoms with Crippen molar-refractivity contribution in [1.82, 2.24) is 10.2 Å². The monoisotopic (exact) mass is 354 g/mol. The summed E-state index contributed by atoms with van der Waals surface area (Å²) in [6.07, 6.45) is 2.64. The molecule has 1 saturated heterocycles. The van der Waals surface area contributed by atoms with E-state index in [0.717, 1.165) is 31.1 Å². The molecule has 1 heterocycles. The van der Waals surface area contributed by atoms with E-state index in [1.165, 1.54) is 18.9 Å². The quantitative estimate of drug-likeness (QED) is 0.884. The SMILES string of the molecule is CC1(C)CN(Cc2cccc(F)c2Br)C(C)(C2CC2)CN1. The molecule has 1 saturated carbocycles. The second kappa shape index (κ2) is 5.32. The van der Waals surface area contributed by atoms with Crippen molar-refractivity contribution in [1.29, 1.82) is 0 Å². The van der Waals surface area contributed by atoms with Gasteiger partial charge in [0.2, 0.25) is 0 Å². The van der Waals surface area contributed by atoms with E-state index in [9.17, 15) is 4.39 Å². The van der Waals surface area contributed by atoms with Gasteiger partial charge < -0.3 is 5.32 Å². The molecule has 0 amide bonds. The lowest BCUT2D eigenvalue weighted by Gasteiger charge is -2.52. The second-order valence-electron chi connectivity index (χ2n) is 7.44. The van der Waals surface area contributed by atoms with Crippen LogP contribution in [0.2, 0.25) is 0 Å². The van der Waals surface area contributed by atoms with Crippen molar-refractivity contribution >= 4 is 15.9 Å². The Morgan fingerprint density at radius 2 is 2.05 bits per heavy atom. The Balaban J connectivity index is 1.87. The summed E-state index contributed by atoms with van der Waals surface area (Å²) in [5.74, 6) is 0.600. The number of hydrogen-bond donors (Lipinski definition) is 1. The maximum absolute atomic E-state index is 13.8. The largest absolute Gasteiger partial charge is 0.309 e. The first-order chi connectivity index (χ1) is 9.82. The summed E-state index contributed by atoms with van der Waals surface area (Å²) in [5.41, 5.74) is 1.33. The molecule has 21 heavy (non-hydrogen) atoms. The average molecular weight is 355 g/mol. The highest BCUT2D eigenvalue weighted by molar-refractivity contribution is 9.10. The number of hydrogen-bond acceptors (Lipinski definition) is 2. The maximum Gasteiger partial charge on any atom is 0.137 e. The van der Waals surface area contributed by atoms with Crippen LogP contribution in [0.3, 0.4) is 0 Å². The lowest BCUT2D eigenvalue weighted by Crippen LogP contribution is -2.67. The maximum atomic E-state index is 13.8. The zero-order valence-electron chi connectivity index (χ0n) is 13.0. The van der Waals surface area contributed by atoms with E-state index in [1.54, 1.807) is 6.07 Å². The van der Waals surface area contributed by atoms with Crippen molar-refractivity contribution in [2.24, 2.45) is 5.92 Å². The van der Waals surface area contributed by atoms with E-state index in [0.29, 0.717) is 4.47 Å². The van der Waals surface area contributed by atoms with Crippen LogP contribution in [0.5, 0.6) is 0 Å². The topological polar surface area (TPSA) is 15.3 Å². The van der Waals surface area contributed by atoms with Gasteiger partial charge in [-0.1, -0.05) is 12.1 Å². The molecule has 0 aromatic heterocycles. The zero-order chi connectivity index (χ0) is 15.3. The van der Waals surface area contributed by atoms with Gasteiger partial charge in [0, 0.05) is 30.7 Å². The first-order valence-corrected chi connectivity index (χ1v) is 8.54. The molecule has 1 aromatic carbocycles. The molecule has 0 bridgehead atoms. The summed E-state index contributed by atoms with van der Waals surface area (Å²) >= 11 is 3.41. The first kappa shape index (κ1) is 15.4. The number of piperazine rings is 1. The molecule has 4 heteroatoms. The van der Waals surface area contributed by atoms with Gasteiger partial charge in [0.1, 0.15) is 5.82 Å². The molecule has 2 aliphatic rings. The molecule has 0 radical (unpaired) electrons. The van der Waals surface area contributed by atoms with Crippen LogP contribution in [0, 0.1) is 11.7 Å². The number of halogens is 2. The Morgan fingerprint density at radius 3 is 2.71 bits per heavy atom. The minimum Gasteiger partial charge on any atom is -0.309 e. The molecule has 1 aliphatic heterocycles. The lowest BCUT2D eigenvalue weighted by atomic mass is 9.85. The van der Waals surface area contributed by atoms with Crippen LogP contribution in [-0.2, 0) is 6.54 Å². The summed E-state index contributed by atoms with van der Waals surface area (Å²) in [7, 11) is 0. The van der Waals surface area contributed by atoms with Crippen molar-refractivity contribution in [2.45, 2.75) is 51.2 Å². The van der Waals surface area contributed by atoms with Gasteiger partial charge in [-0.15, -0.1) is 0 Å². The predicted octanol–water partition coefficient (Wildman–Crippen LogP) is 3.94. The van der Waals surface area contributed by atoms with Crippen LogP contribution >= 0.6 is 15.9 Å². The standard InChI is InChI=1S/C17H24BrFN2/c1-16(2)11-21(17(3,10-20-16)13-7-8-13)9-12-5-4-6-14(19)15(12)18/h4-6,13,20H,7-11H2,1-3H3. The zero-order valence-corrected chi connectivity index (χ0v) is 14.6.